The second-order valence-electron chi connectivity index (χ2n) is 4.25. The van der Waals surface area contributed by atoms with Crippen LogP contribution < -0.4 is 0 Å². The third-order valence-corrected chi connectivity index (χ3v) is 2.65. The number of nitrogens with zero attached hydrogens (tertiary/aromatic N) is 1. The molecule has 17 heavy (non-hydrogen) atoms. The molecule has 1 amide bonds. The van der Waals surface area contributed by atoms with Crippen LogP contribution in [0.2, 0.25) is 0 Å². The molecule has 0 radical (unpaired) electrons. The van der Waals surface area contributed by atoms with Gasteiger partial charge in [-0.25, -0.2) is 4.39 Å². The number of hydrogen-bond donors (Lipinski definition) is 1. The van der Waals surface area contributed by atoms with Gasteiger partial charge >= 0.3 is 0 Å². The fraction of sp³-hybridized carbons (Fsp3) is 0.462. The Kier molecular flexibility index (Phi) is 4.63. The Morgan fingerprint density at radius 3 is 2.65 bits per heavy atom. The standard InChI is InChI=1S/C13H18FNO2/c1-9(2)15(7-8-16)13(17)11-6-4-5-10(3)12(11)14/h4-6,9,16H,7-8H2,1-3H3. The van der Waals surface area contributed by atoms with Crippen molar-refractivity contribution in [3.05, 3.63) is 35.1 Å². The summed E-state index contributed by atoms with van der Waals surface area (Å²) >= 11 is 0. The predicted octanol–water partition coefficient (Wildman–Crippen LogP) is 1.98. The molecule has 1 aromatic rings. The maximum atomic E-state index is 13.8. The molecule has 1 aromatic carbocycles. The summed E-state index contributed by atoms with van der Waals surface area (Å²) in [6, 6.07) is 4.67. The van der Waals surface area contributed by atoms with Crippen LogP contribution in [-0.2, 0) is 0 Å². The lowest BCUT2D eigenvalue weighted by atomic mass is 10.1. The van der Waals surface area contributed by atoms with E-state index in [4.69, 9.17) is 5.11 Å². The third-order valence-electron chi connectivity index (χ3n) is 2.65. The van der Waals surface area contributed by atoms with Gasteiger partial charge < -0.3 is 10.0 Å². The lowest BCUT2D eigenvalue weighted by Gasteiger charge is -2.26. The highest BCUT2D eigenvalue weighted by molar-refractivity contribution is 5.94. The van der Waals surface area contributed by atoms with Crippen molar-refractivity contribution >= 4 is 5.91 Å². The van der Waals surface area contributed by atoms with E-state index in [-0.39, 0.29) is 30.7 Å². The Morgan fingerprint density at radius 1 is 1.47 bits per heavy atom. The summed E-state index contributed by atoms with van der Waals surface area (Å²) in [6.07, 6.45) is 0. The van der Waals surface area contributed by atoms with Crippen molar-refractivity contribution in [2.24, 2.45) is 0 Å². The van der Waals surface area contributed by atoms with Crippen molar-refractivity contribution in [3.63, 3.8) is 0 Å². The van der Waals surface area contributed by atoms with E-state index in [0.717, 1.165) is 0 Å². The molecule has 0 fully saturated rings. The van der Waals surface area contributed by atoms with Crippen LogP contribution in [0.25, 0.3) is 0 Å². The molecule has 3 nitrogen and oxygen atoms in total. The van der Waals surface area contributed by atoms with Crippen molar-refractivity contribution in [1.29, 1.82) is 0 Å². The first-order chi connectivity index (χ1) is 7.99. The number of aryl methyl sites for hydroxylation is 1. The molecule has 0 aliphatic rings. The molecule has 0 bridgehead atoms. The second-order valence-corrected chi connectivity index (χ2v) is 4.25. The van der Waals surface area contributed by atoms with Gasteiger partial charge in [-0.05, 0) is 32.4 Å². The number of amides is 1. The number of aliphatic hydroxyl groups is 1. The monoisotopic (exact) mass is 239 g/mol. The SMILES string of the molecule is Cc1cccc(C(=O)N(CCO)C(C)C)c1F. The average Bonchev–Trinajstić information content (AvgIpc) is 2.28. The Bertz CT molecular complexity index is 404. The molecule has 1 N–H and O–H groups in total. The lowest BCUT2D eigenvalue weighted by molar-refractivity contribution is 0.0660. The molecular formula is C13H18FNO2. The number of rotatable bonds is 4. The first kappa shape index (κ1) is 13.6. The number of halogens is 1. The van der Waals surface area contributed by atoms with Crippen molar-refractivity contribution in [2.75, 3.05) is 13.2 Å². The van der Waals surface area contributed by atoms with E-state index in [1.165, 1.54) is 11.0 Å². The molecule has 0 unspecified atom stereocenters. The fourth-order valence-electron chi connectivity index (χ4n) is 1.67. The summed E-state index contributed by atoms with van der Waals surface area (Å²) in [4.78, 5) is 13.6. The van der Waals surface area contributed by atoms with Gasteiger partial charge in [0.2, 0.25) is 0 Å². The number of aliphatic hydroxyl groups excluding tert-OH is 1. The van der Waals surface area contributed by atoms with Crippen LogP contribution in [0.3, 0.4) is 0 Å². The smallest absolute Gasteiger partial charge is 0.257 e. The fourth-order valence-corrected chi connectivity index (χ4v) is 1.67. The van der Waals surface area contributed by atoms with Gasteiger partial charge in [-0.1, -0.05) is 12.1 Å². The molecule has 1 rings (SSSR count). The molecule has 0 heterocycles. The predicted molar refractivity (Wildman–Crippen MR) is 64.4 cm³/mol. The van der Waals surface area contributed by atoms with Crippen LogP contribution >= 0.6 is 0 Å². The quantitative estimate of drug-likeness (QED) is 0.872. The topological polar surface area (TPSA) is 40.5 Å². The molecule has 0 aliphatic carbocycles. The van der Waals surface area contributed by atoms with E-state index in [1.807, 2.05) is 13.8 Å². The lowest BCUT2D eigenvalue weighted by Crippen LogP contribution is -2.39. The minimum Gasteiger partial charge on any atom is -0.395 e. The van der Waals surface area contributed by atoms with E-state index in [9.17, 15) is 9.18 Å². The minimum absolute atomic E-state index is 0.0622. The highest BCUT2D eigenvalue weighted by atomic mass is 19.1. The highest BCUT2D eigenvalue weighted by Crippen LogP contribution is 2.15. The Balaban J connectivity index is 3.05. The average molecular weight is 239 g/mol. The molecule has 0 spiro atoms. The van der Waals surface area contributed by atoms with Crippen LogP contribution in [-0.4, -0.2) is 35.1 Å². The first-order valence-electron chi connectivity index (χ1n) is 5.66. The summed E-state index contributed by atoms with van der Waals surface area (Å²) in [5.41, 5.74) is 0.510. The number of hydrogen-bond acceptors (Lipinski definition) is 2. The molecule has 0 aliphatic heterocycles. The minimum atomic E-state index is -0.485. The molecule has 0 saturated heterocycles. The molecule has 0 atom stereocenters. The normalized spacial score (nSPS) is 10.7. The van der Waals surface area contributed by atoms with Crippen molar-refractivity contribution in [1.82, 2.24) is 4.90 Å². The zero-order chi connectivity index (χ0) is 13.0. The van der Waals surface area contributed by atoms with Crippen LogP contribution in [0.5, 0.6) is 0 Å². The van der Waals surface area contributed by atoms with E-state index >= 15 is 0 Å². The van der Waals surface area contributed by atoms with E-state index in [1.54, 1.807) is 19.1 Å². The molecule has 4 heteroatoms. The van der Waals surface area contributed by atoms with Crippen LogP contribution in [0.4, 0.5) is 4.39 Å². The molecule has 0 aromatic heterocycles. The van der Waals surface area contributed by atoms with Crippen LogP contribution in [0, 0.1) is 12.7 Å². The Labute approximate surface area is 101 Å². The van der Waals surface area contributed by atoms with Gasteiger partial charge in [-0.3, -0.25) is 4.79 Å². The number of benzene rings is 1. The van der Waals surface area contributed by atoms with Gasteiger partial charge in [0.1, 0.15) is 5.82 Å². The van der Waals surface area contributed by atoms with E-state index in [0.29, 0.717) is 5.56 Å². The zero-order valence-corrected chi connectivity index (χ0v) is 10.4. The van der Waals surface area contributed by atoms with Gasteiger partial charge in [0.15, 0.2) is 0 Å². The summed E-state index contributed by atoms with van der Waals surface area (Å²) in [5.74, 6) is -0.865. The summed E-state index contributed by atoms with van der Waals surface area (Å²) in [6.45, 7) is 5.38. The summed E-state index contributed by atoms with van der Waals surface area (Å²) in [7, 11) is 0. The van der Waals surface area contributed by atoms with E-state index < -0.39 is 5.82 Å². The Morgan fingerprint density at radius 2 is 2.12 bits per heavy atom. The van der Waals surface area contributed by atoms with Crippen molar-refractivity contribution in [3.8, 4) is 0 Å². The van der Waals surface area contributed by atoms with Gasteiger partial charge in [-0.15, -0.1) is 0 Å². The van der Waals surface area contributed by atoms with Crippen molar-refractivity contribution in [2.45, 2.75) is 26.8 Å². The summed E-state index contributed by atoms with van der Waals surface area (Å²) < 4.78 is 13.8. The summed E-state index contributed by atoms with van der Waals surface area (Å²) in [5, 5.41) is 8.92. The van der Waals surface area contributed by atoms with Crippen molar-refractivity contribution < 1.29 is 14.3 Å². The van der Waals surface area contributed by atoms with Gasteiger partial charge in [-0.2, -0.15) is 0 Å². The molecule has 0 saturated carbocycles. The second kappa shape index (κ2) is 5.77. The maximum Gasteiger partial charge on any atom is 0.257 e. The first-order valence-corrected chi connectivity index (χ1v) is 5.66. The molecular weight excluding hydrogens is 221 g/mol. The maximum absolute atomic E-state index is 13.8. The number of carbonyl (C=O) groups is 1. The van der Waals surface area contributed by atoms with Gasteiger partial charge in [0.25, 0.3) is 5.91 Å². The largest absolute Gasteiger partial charge is 0.395 e. The Hall–Kier alpha value is -1.42. The van der Waals surface area contributed by atoms with Crippen LogP contribution in [0.1, 0.15) is 29.8 Å². The van der Waals surface area contributed by atoms with Gasteiger partial charge in [0.05, 0.1) is 12.2 Å². The molecule has 94 valence electrons. The third kappa shape index (κ3) is 3.03. The highest BCUT2D eigenvalue weighted by Gasteiger charge is 2.21. The number of carbonyl (C=O) groups excluding carboxylic acids is 1. The zero-order valence-electron chi connectivity index (χ0n) is 10.4. The van der Waals surface area contributed by atoms with E-state index in [2.05, 4.69) is 0 Å². The van der Waals surface area contributed by atoms with Gasteiger partial charge in [0, 0.05) is 12.6 Å². The van der Waals surface area contributed by atoms with Crippen LogP contribution in [0.15, 0.2) is 18.2 Å².